The average Bonchev–Trinajstić information content (AvgIpc) is 3.51. The number of aliphatic imine (C=N–C) groups is 2. The highest BCUT2D eigenvalue weighted by atomic mass is 15.1. The highest BCUT2D eigenvalue weighted by Crippen LogP contribution is 2.40. The first-order valence-corrected chi connectivity index (χ1v) is 28.0. The van der Waals surface area contributed by atoms with E-state index in [1.54, 1.807) is 0 Å². The number of nitrogens with zero attached hydrogens (tertiary/aromatic N) is 6. The Morgan fingerprint density at radius 1 is 0.289 bits per heavy atom. The second-order valence-corrected chi connectivity index (χ2v) is 19.4. The lowest BCUT2D eigenvalue weighted by Gasteiger charge is -2.24. The number of hydrogen-bond donors (Lipinski definition) is 0. The summed E-state index contributed by atoms with van der Waals surface area (Å²) in [5.41, 5.74) is 23.7. The van der Waals surface area contributed by atoms with Crippen molar-refractivity contribution in [3.05, 3.63) is 250 Å². The van der Waals surface area contributed by atoms with Crippen LogP contribution in [0.5, 0.6) is 0 Å². The van der Waals surface area contributed by atoms with E-state index < -0.39 is 0 Å². The molecule has 7 aromatic rings. The smallest absolute Gasteiger partial charge is 0.0657 e. The molecule has 0 saturated carbocycles. The fourth-order valence-corrected chi connectivity index (χ4v) is 11.0. The molecule has 0 spiro atoms. The third-order valence-corrected chi connectivity index (χ3v) is 15.4. The maximum Gasteiger partial charge on any atom is 0.0657 e. The molecule has 6 heteroatoms. The Labute approximate surface area is 454 Å². The van der Waals surface area contributed by atoms with Gasteiger partial charge >= 0.3 is 0 Å². The van der Waals surface area contributed by atoms with Crippen molar-refractivity contribution >= 4 is 56.5 Å². The molecule has 9 rings (SSSR count). The van der Waals surface area contributed by atoms with Crippen LogP contribution in [-0.4, -0.2) is 63.8 Å². The number of fused-ring (bicyclic) bond motifs is 2. The SMILES string of the molecule is CCN(CC)c1ccc(C(=C2C=CC(=NCc3ccc(CN=C4C=CC(=C(c5ccc(N(CC)CC)cc5)c5ccc(N(CC)CC)cc5)c5ccccc54)cc3)c3ccccc32)c2ccc(N(CC)CC)cc2)cc1. The molecule has 0 fully saturated rings. The van der Waals surface area contributed by atoms with E-state index in [9.17, 15) is 0 Å². The quantitative estimate of drug-likeness (QED) is 0.0763. The summed E-state index contributed by atoms with van der Waals surface area (Å²) < 4.78 is 0. The van der Waals surface area contributed by atoms with Gasteiger partial charge in [-0.2, -0.15) is 0 Å². The predicted molar refractivity (Wildman–Crippen MR) is 330 cm³/mol. The topological polar surface area (TPSA) is 37.7 Å². The van der Waals surface area contributed by atoms with Crippen LogP contribution >= 0.6 is 0 Å². The molecule has 0 radical (unpaired) electrons. The summed E-state index contributed by atoms with van der Waals surface area (Å²) in [5, 5.41) is 0. The zero-order valence-electron chi connectivity index (χ0n) is 46.2. The van der Waals surface area contributed by atoms with Gasteiger partial charge in [0.2, 0.25) is 0 Å². The van der Waals surface area contributed by atoms with Crippen LogP contribution < -0.4 is 19.6 Å². The van der Waals surface area contributed by atoms with E-state index in [-0.39, 0.29) is 0 Å². The minimum Gasteiger partial charge on any atom is -0.372 e. The van der Waals surface area contributed by atoms with Gasteiger partial charge in [-0.15, -0.1) is 0 Å². The summed E-state index contributed by atoms with van der Waals surface area (Å²) in [7, 11) is 0. The van der Waals surface area contributed by atoms with Crippen LogP contribution in [0.4, 0.5) is 22.7 Å². The Hall–Kier alpha value is -7.96. The fourth-order valence-electron chi connectivity index (χ4n) is 11.0. The normalized spacial score (nSPS) is 13.7. The second-order valence-electron chi connectivity index (χ2n) is 19.4. The first kappa shape index (κ1) is 52.9. The molecule has 386 valence electrons. The Morgan fingerprint density at radius 3 is 0.789 bits per heavy atom. The molecule has 7 aromatic carbocycles. The lowest BCUT2D eigenvalue weighted by Crippen LogP contribution is -2.21. The molecule has 2 aliphatic rings. The summed E-state index contributed by atoms with van der Waals surface area (Å²) in [5.74, 6) is 0. The van der Waals surface area contributed by atoms with Crippen molar-refractivity contribution in [2.45, 2.75) is 68.5 Å². The van der Waals surface area contributed by atoms with E-state index in [1.807, 2.05) is 0 Å². The maximum absolute atomic E-state index is 5.26. The lowest BCUT2D eigenvalue weighted by molar-refractivity contribution is 0.866. The lowest BCUT2D eigenvalue weighted by atomic mass is 9.83. The van der Waals surface area contributed by atoms with E-state index in [2.05, 4.69) is 269 Å². The maximum atomic E-state index is 5.26. The molecule has 0 aromatic heterocycles. The molecule has 0 N–H and O–H groups in total. The monoisotopic (exact) mass is 1000 g/mol. The van der Waals surface area contributed by atoms with Gasteiger partial charge in [0.05, 0.1) is 24.5 Å². The van der Waals surface area contributed by atoms with Gasteiger partial charge in [-0.1, -0.05) is 133 Å². The first-order chi connectivity index (χ1) is 37.3. The number of hydrogen-bond acceptors (Lipinski definition) is 6. The Bertz CT molecular complexity index is 2910. The summed E-state index contributed by atoms with van der Waals surface area (Å²) >= 11 is 0. The molecule has 0 amide bonds. The highest BCUT2D eigenvalue weighted by Gasteiger charge is 2.23. The summed E-state index contributed by atoms with van der Waals surface area (Å²) in [6, 6.07) is 62.9. The Morgan fingerprint density at radius 2 is 0.539 bits per heavy atom. The molecule has 76 heavy (non-hydrogen) atoms. The van der Waals surface area contributed by atoms with Crippen LogP contribution in [0.15, 0.2) is 204 Å². The molecular weight excluding hydrogens is 925 g/mol. The summed E-state index contributed by atoms with van der Waals surface area (Å²) in [6.07, 6.45) is 8.98. The van der Waals surface area contributed by atoms with Gasteiger partial charge < -0.3 is 19.6 Å². The van der Waals surface area contributed by atoms with Gasteiger partial charge in [-0.05, 0) is 183 Å². The van der Waals surface area contributed by atoms with Gasteiger partial charge in [0, 0.05) is 86.2 Å². The van der Waals surface area contributed by atoms with Crippen LogP contribution in [-0.2, 0) is 13.1 Å². The van der Waals surface area contributed by atoms with E-state index in [0.29, 0.717) is 13.1 Å². The third kappa shape index (κ3) is 11.5. The molecule has 0 heterocycles. The number of allylic oxidation sites excluding steroid dienone is 6. The van der Waals surface area contributed by atoms with Crippen molar-refractivity contribution < 1.29 is 0 Å². The van der Waals surface area contributed by atoms with Crippen LogP contribution in [0, 0.1) is 0 Å². The van der Waals surface area contributed by atoms with Crippen molar-refractivity contribution in [2.24, 2.45) is 9.98 Å². The zero-order chi connectivity index (χ0) is 53.0. The van der Waals surface area contributed by atoms with Gasteiger partial charge in [0.25, 0.3) is 0 Å². The molecule has 2 aliphatic carbocycles. The molecule has 6 nitrogen and oxygen atoms in total. The van der Waals surface area contributed by atoms with Crippen LogP contribution in [0.1, 0.15) is 111 Å². The van der Waals surface area contributed by atoms with E-state index in [1.165, 1.54) is 89.5 Å². The summed E-state index contributed by atoms with van der Waals surface area (Å²) in [4.78, 5) is 20.1. The van der Waals surface area contributed by atoms with Crippen molar-refractivity contribution in [3.63, 3.8) is 0 Å². The van der Waals surface area contributed by atoms with Crippen molar-refractivity contribution in [3.8, 4) is 0 Å². The fraction of sp³-hybridized carbons (Fsp3) is 0.257. The zero-order valence-corrected chi connectivity index (χ0v) is 46.2. The molecule has 0 aliphatic heterocycles. The molecule has 0 bridgehead atoms. The van der Waals surface area contributed by atoms with Gasteiger partial charge in [0.15, 0.2) is 0 Å². The van der Waals surface area contributed by atoms with Gasteiger partial charge in [-0.3, -0.25) is 9.98 Å². The van der Waals surface area contributed by atoms with Crippen molar-refractivity contribution in [2.75, 3.05) is 72.0 Å². The minimum atomic E-state index is 0.582. The Kier molecular flexibility index (Phi) is 17.4. The largest absolute Gasteiger partial charge is 0.372 e. The van der Waals surface area contributed by atoms with Gasteiger partial charge in [-0.25, -0.2) is 0 Å². The molecule has 0 unspecified atom stereocenters. The predicted octanol–water partition coefficient (Wildman–Crippen LogP) is 16.1. The van der Waals surface area contributed by atoms with Crippen LogP contribution in [0.25, 0.3) is 22.3 Å². The molecule has 0 saturated heterocycles. The van der Waals surface area contributed by atoms with E-state index in [4.69, 9.17) is 9.98 Å². The molecule has 0 atom stereocenters. The van der Waals surface area contributed by atoms with E-state index >= 15 is 0 Å². The van der Waals surface area contributed by atoms with Crippen LogP contribution in [0.2, 0.25) is 0 Å². The van der Waals surface area contributed by atoms with Gasteiger partial charge in [0.1, 0.15) is 0 Å². The number of benzene rings is 7. The van der Waals surface area contributed by atoms with Crippen molar-refractivity contribution in [1.82, 2.24) is 0 Å². The molecular formula is C70H76N6. The minimum absolute atomic E-state index is 0.582. The Balaban J connectivity index is 0.980. The second kappa shape index (κ2) is 25.0. The number of rotatable bonds is 20. The summed E-state index contributed by atoms with van der Waals surface area (Å²) in [6.45, 7) is 26.7. The average molecular weight is 1000 g/mol. The van der Waals surface area contributed by atoms with Crippen molar-refractivity contribution in [1.29, 1.82) is 0 Å². The standard InChI is InChI=1S/C70H76N6/c1-9-73(10-2)57-37-29-53(30-38-57)69(54-31-39-58(40-32-54)74(11-3)12-4)65-45-47-67(63-23-19-17-21-61(63)65)71-49-51-25-27-52(28-26-51)50-72-68-48-46-66(62-22-18-20-24-64(62)68)70(55-33-41-59(42-34-55)75(13-5)14-6)56-35-43-60(44-36-56)76(15-7)16-8/h17-48H,9-16,49-50H2,1-8H3. The first-order valence-electron chi connectivity index (χ1n) is 28.0. The highest BCUT2D eigenvalue weighted by molar-refractivity contribution is 6.20. The number of anilines is 4. The third-order valence-electron chi connectivity index (χ3n) is 15.4. The van der Waals surface area contributed by atoms with Crippen LogP contribution in [0.3, 0.4) is 0 Å². The van der Waals surface area contributed by atoms with E-state index in [0.717, 1.165) is 74.9 Å².